The van der Waals surface area contributed by atoms with Crippen molar-refractivity contribution in [2.75, 3.05) is 30.9 Å². The topological polar surface area (TPSA) is 103 Å². The number of carbonyl (C=O) groups excluding carboxylic acids is 1. The number of fused-ring (bicyclic) bond motifs is 1. The molecule has 8 nitrogen and oxygen atoms in total. The van der Waals surface area contributed by atoms with Crippen molar-refractivity contribution in [1.82, 2.24) is 0 Å². The zero-order valence-corrected chi connectivity index (χ0v) is 14.6. The van der Waals surface area contributed by atoms with E-state index in [0.717, 1.165) is 6.42 Å². The van der Waals surface area contributed by atoms with Gasteiger partial charge in [0.15, 0.2) is 11.5 Å². The third-order valence-corrected chi connectivity index (χ3v) is 4.12. The number of hydrogen-bond acceptors (Lipinski definition) is 6. The maximum Gasteiger partial charge on any atom is 0.293 e. The molecular formula is C17H16ClN3O5. The minimum absolute atomic E-state index is 0.138. The molecular weight excluding hydrogens is 362 g/mol. The first-order valence-corrected chi connectivity index (χ1v) is 8.24. The van der Waals surface area contributed by atoms with Gasteiger partial charge in [0.05, 0.1) is 28.8 Å². The van der Waals surface area contributed by atoms with Crippen molar-refractivity contribution < 1.29 is 19.2 Å². The highest BCUT2D eigenvalue weighted by molar-refractivity contribution is 6.34. The van der Waals surface area contributed by atoms with Crippen LogP contribution in [0, 0.1) is 10.1 Å². The van der Waals surface area contributed by atoms with Crippen LogP contribution in [0.4, 0.5) is 17.1 Å². The standard InChI is InChI=1S/C17H16ClN3O5/c1-19-12-4-3-10(7-14(12)21(23)24)17(22)20-13-9-16-15(8-11(13)18)25-5-2-6-26-16/h3-4,7-9,19H,2,5-6H2,1H3,(H,20,22). The van der Waals surface area contributed by atoms with E-state index in [1.54, 1.807) is 19.2 Å². The summed E-state index contributed by atoms with van der Waals surface area (Å²) in [6.07, 6.45) is 0.746. The number of nitrogens with one attached hydrogen (secondary N) is 2. The Hall–Kier alpha value is -3.00. The number of nitro groups is 1. The average Bonchev–Trinajstić information content (AvgIpc) is 2.86. The fourth-order valence-electron chi connectivity index (χ4n) is 2.51. The van der Waals surface area contributed by atoms with Gasteiger partial charge < -0.3 is 20.1 Å². The molecule has 0 aliphatic carbocycles. The van der Waals surface area contributed by atoms with E-state index in [2.05, 4.69) is 10.6 Å². The maximum absolute atomic E-state index is 12.5. The monoisotopic (exact) mass is 377 g/mol. The van der Waals surface area contributed by atoms with E-state index in [-0.39, 0.29) is 16.3 Å². The number of hydrogen-bond donors (Lipinski definition) is 2. The Labute approximate surface area is 154 Å². The van der Waals surface area contributed by atoms with Crippen LogP contribution in [0.3, 0.4) is 0 Å². The summed E-state index contributed by atoms with van der Waals surface area (Å²) in [6.45, 7) is 1.02. The second kappa shape index (κ2) is 7.49. The summed E-state index contributed by atoms with van der Waals surface area (Å²) in [4.78, 5) is 23.1. The van der Waals surface area contributed by atoms with Crippen molar-refractivity contribution >= 4 is 34.6 Å². The van der Waals surface area contributed by atoms with Crippen molar-refractivity contribution in [3.05, 3.63) is 51.0 Å². The molecule has 2 aromatic rings. The minimum Gasteiger partial charge on any atom is -0.490 e. The van der Waals surface area contributed by atoms with Crippen molar-refractivity contribution in [3.8, 4) is 11.5 Å². The van der Waals surface area contributed by atoms with Crippen molar-refractivity contribution in [1.29, 1.82) is 0 Å². The number of amides is 1. The lowest BCUT2D eigenvalue weighted by Gasteiger charge is -2.13. The molecule has 0 atom stereocenters. The molecule has 1 aliphatic heterocycles. The van der Waals surface area contributed by atoms with Crippen LogP contribution in [0.5, 0.6) is 11.5 Å². The van der Waals surface area contributed by atoms with E-state index in [9.17, 15) is 14.9 Å². The molecule has 2 N–H and O–H groups in total. The van der Waals surface area contributed by atoms with Gasteiger partial charge in [-0.15, -0.1) is 0 Å². The smallest absolute Gasteiger partial charge is 0.293 e. The van der Waals surface area contributed by atoms with Gasteiger partial charge in [-0.1, -0.05) is 11.6 Å². The molecule has 0 radical (unpaired) electrons. The van der Waals surface area contributed by atoms with E-state index >= 15 is 0 Å². The molecule has 0 aromatic heterocycles. The zero-order chi connectivity index (χ0) is 18.7. The molecule has 0 saturated heterocycles. The van der Waals surface area contributed by atoms with Crippen LogP contribution in [0.2, 0.25) is 5.02 Å². The normalized spacial score (nSPS) is 12.8. The van der Waals surface area contributed by atoms with E-state index in [1.807, 2.05) is 0 Å². The molecule has 26 heavy (non-hydrogen) atoms. The minimum atomic E-state index is -0.552. The number of carbonyl (C=O) groups is 1. The predicted molar refractivity (Wildman–Crippen MR) is 97.7 cm³/mol. The third-order valence-electron chi connectivity index (χ3n) is 3.81. The molecule has 1 heterocycles. The number of anilines is 2. The molecule has 0 spiro atoms. The van der Waals surface area contributed by atoms with Crippen LogP contribution in [0.25, 0.3) is 0 Å². The van der Waals surface area contributed by atoms with Gasteiger partial charge in [-0.05, 0) is 12.1 Å². The van der Waals surface area contributed by atoms with Crippen LogP contribution in [-0.4, -0.2) is 31.1 Å². The highest BCUT2D eigenvalue weighted by Gasteiger charge is 2.19. The van der Waals surface area contributed by atoms with Gasteiger partial charge in [0.2, 0.25) is 0 Å². The molecule has 2 aromatic carbocycles. The lowest BCUT2D eigenvalue weighted by atomic mass is 10.1. The Balaban J connectivity index is 1.87. The summed E-state index contributed by atoms with van der Waals surface area (Å²) in [5.74, 6) is 0.477. The molecule has 0 fully saturated rings. The summed E-state index contributed by atoms with van der Waals surface area (Å²) in [5.41, 5.74) is 0.602. The van der Waals surface area contributed by atoms with Gasteiger partial charge in [0, 0.05) is 37.2 Å². The van der Waals surface area contributed by atoms with E-state index in [1.165, 1.54) is 18.2 Å². The summed E-state index contributed by atoms with van der Waals surface area (Å²) in [7, 11) is 1.57. The Kier molecular flexibility index (Phi) is 5.13. The average molecular weight is 378 g/mol. The number of halogens is 1. The number of rotatable bonds is 4. The van der Waals surface area contributed by atoms with Crippen molar-refractivity contribution in [2.45, 2.75) is 6.42 Å². The Morgan fingerprint density at radius 3 is 2.50 bits per heavy atom. The molecule has 3 rings (SSSR count). The molecule has 0 unspecified atom stereocenters. The Bertz CT molecular complexity index is 872. The third kappa shape index (κ3) is 3.65. The first-order valence-electron chi connectivity index (χ1n) is 7.86. The highest BCUT2D eigenvalue weighted by Crippen LogP contribution is 2.38. The van der Waals surface area contributed by atoms with Gasteiger partial charge in [-0.3, -0.25) is 14.9 Å². The second-order valence-corrected chi connectivity index (χ2v) is 5.93. The van der Waals surface area contributed by atoms with Gasteiger partial charge in [0.25, 0.3) is 11.6 Å². The number of benzene rings is 2. The number of nitro benzene ring substituents is 1. The van der Waals surface area contributed by atoms with E-state index in [4.69, 9.17) is 21.1 Å². The van der Waals surface area contributed by atoms with Gasteiger partial charge in [-0.25, -0.2) is 0 Å². The van der Waals surface area contributed by atoms with Crippen LogP contribution in [0.15, 0.2) is 30.3 Å². The van der Waals surface area contributed by atoms with E-state index < -0.39 is 10.8 Å². The van der Waals surface area contributed by atoms with E-state index in [0.29, 0.717) is 36.1 Å². The first kappa shape index (κ1) is 17.8. The number of nitrogens with zero attached hydrogens (tertiary/aromatic N) is 1. The van der Waals surface area contributed by atoms with Gasteiger partial charge in [-0.2, -0.15) is 0 Å². The molecule has 0 bridgehead atoms. The molecule has 1 aliphatic rings. The second-order valence-electron chi connectivity index (χ2n) is 5.52. The lowest BCUT2D eigenvalue weighted by Crippen LogP contribution is -2.13. The van der Waals surface area contributed by atoms with Gasteiger partial charge in [0.1, 0.15) is 5.69 Å². The molecule has 9 heteroatoms. The lowest BCUT2D eigenvalue weighted by molar-refractivity contribution is -0.384. The largest absolute Gasteiger partial charge is 0.490 e. The van der Waals surface area contributed by atoms with Crippen LogP contribution >= 0.6 is 11.6 Å². The highest BCUT2D eigenvalue weighted by atomic mass is 35.5. The Morgan fingerprint density at radius 2 is 1.85 bits per heavy atom. The van der Waals surface area contributed by atoms with Crippen LogP contribution in [-0.2, 0) is 0 Å². The van der Waals surface area contributed by atoms with Crippen LogP contribution < -0.4 is 20.1 Å². The first-order chi connectivity index (χ1) is 12.5. The molecule has 136 valence electrons. The summed E-state index contributed by atoms with van der Waals surface area (Å²) in [5, 5.41) is 16.8. The van der Waals surface area contributed by atoms with Crippen LogP contribution in [0.1, 0.15) is 16.8 Å². The van der Waals surface area contributed by atoms with Crippen molar-refractivity contribution in [2.24, 2.45) is 0 Å². The van der Waals surface area contributed by atoms with Gasteiger partial charge >= 0.3 is 0 Å². The Morgan fingerprint density at radius 1 is 1.15 bits per heavy atom. The zero-order valence-electron chi connectivity index (χ0n) is 13.9. The number of ether oxygens (including phenoxy) is 2. The molecule has 0 saturated carbocycles. The quantitative estimate of drug-likeness (QED) is 0.622. The fourth-order valence-corrected chi connectivity index (χ4v) is 2.71. The molecule has 1 amide bonds. The summed E-state index contributed by atoms with van der Waals surface area (Å²) < 4.78 is 11.1. The predicted octanol–water partition coefficient (Wildman–Crippen LogP) is 3.70. The summed E-state index contributed by atoms with van der Waals surface area (Å²) >= 11 is 6.21. The SMILES string of the molecule is CNc1ccc(C(=O)Nc2cc3c(cc2Cl)OCCCO3)cc1[N+](=O)[O-]. The maximum atomic E-state index is 12.5. The summed E-state index contributed by atoms with van der Waals surface area (Å²) in [6, 6.07) is 7.33. The van der Waals surface area contributed by atoms with Crippen molar-refractivity contribution in [3.63, 3.8) is 0 Å². The fraction of sp³-hybridized carbons (Fsp3) is 0.235.